The first kappa shape index (κ1) is 16.7. The Balaban J connectivity index is 2.20. The Hall–Kier alpha value is -1.35. The zero-order valence-electron chi connectivity index (χ0n) is 11.8. The van der Waals surface area contributed by atoms with Crippen LogP contribution in [0.3, 0.4) is 0 Å². The molecule has 0 saturated heterocycles. The fourth-order valence-electron chi connectivity index (χ4n) is 1.47. The summed E-state index contributed by atoms with van der Waals surface area (Å²) >= 11 is 1.40. The summed E-state index contributed by atoms with van der Waals surface area (Å²) in [7, 11) is 0. The van der Waals surface area contributed by atoms with Gasteiger partial charge in [0.1, 0.15) is 6.61 Å². The summed E-state index contributed by atoms with van der Waals surface area (Å²) in [4.78, 5) is 12.6. The molecule has 0 saturated carbocycles. The number of nitrogens with one attached hydrogen (secondary N) is 1. The summed E-state index contributed by atoms with van der Waals surface area (Å²) in [6, 6.07) is 1.74. The van der Waals surface area contributed by atoms with Crippen LogP contribution in [0.2, 0.25) is 0 Å². The molecule has 2 N–H and O–H groups in total. The number of carbonyl (C=O) groups is 1. The molecule has 0 bridgehead atoms. The van der Waals surface area contributed by atoms with Gasteiger partial charge in [-0.1, -0.05) is 25.2 Å². The number of amides is 1. The second-order valence-electron chi connectivity index (χ2n) is 4.23. The molecule has 0 aromatic carbocycles. The van der Waals surface area contributed by atoms with Crippen LogP contribution in [0.5, 0.6) is 0 Å². The third-order valence-corrected chi connectivity index (χ3v) is 3.39. The number of hydrogen-bond donors (Lipinski definition) is 2. The maximum absolute atomic E-state index is 11.8. The molecule has 5 heteroatoms. The highest BCUT2D eigenvalue weighted by Crippen LogP contribution is 2.13. The summed E-state index contributed by atoms with van der Waals surface area (Å²) in [6.45, 7) is 4.04. The molecule has 0 aliphatic carbocycles. The highest BCUT2D eigenvalue weighted by molar-refractivity contribution is 7.10. The van der Waals surface area contributed by atoms with E-state index in [9.17, 15) is 4.79 Å². The van der Waals surface area contributed by atoms with E-state index in [1.54, 1.807) is 11.4 Å². The first-order valence-electron chi connectivity index (χ1n) is 6.82. The predicted octanol–water partition coefficient (Wildman–Crippen LogP) is 2.03. The molecule has 1 heterocycles. The van der Waals surface area contributed by atoms with Crippen molar-refractivity contribution in [1.82, 2.24) is 5.32 Å². The van der Waals surface area contributed by atoms with Crippen LogP contribution in [0.15, 0.2) is 11.4 Å². The topological polar surface area (TPSA) is 58.6 Å². The van der Waals surface area contributed by atoms with E-state index in [0.717, 1.165) is 30.7 Å². The summed E-state index contributed by atoms with van der Waals surface area (Å²) in [6.07, 6.45) is 3.03. The fraction of sp³-hybridized carbons (Fsp3) is 0.533. The monoisotopic (exact) mass is 295 g/mol. The standard InChI is InChI=1S/C15H21NO3S/c1-2-3-9-19-10-5-7-16-15(18)13-11-14(20-12-13)6-4-8-17/h11-12,17H,2-3,5,7-10H2,1H3,(H,16,18). The van der Waals surface area contributed by atoms with E-state index in [2.05, 4.69) is 24.1 Å². The van der Waals surface area contributed by atoms with Crippen molar-refractivity contribution in [3.05, 3.63) is 21.9 Å². The van der Waals surface area contributed by atoms with Crippen molar-refractivity contribution < 1.29 is 14.6 Å². The number of carbonyl (C=O) groups excluding carboxylic acids is 1. The van der Waals surface area contributed by atoms with Crippen molar-refractivity contribution in [2.24, 2.45) is 0 Å². The van der Waals surface area contributed by atoms with Gasteiger partial charge >= 0.3 is 0 Å². The van der Waals surface area contributed by atoms with Gasteiger partial charge in [0.2, 0.25) is 0 Å². The number of thiophene rings is 1. The molecule has 0 spiro atoms. The molecule has 0 atom stereocenters. The van der Waals surface area contributed by atoms with Gasteiger partial charge in [-0.05, 0) is 18.9 Å². The van der Waals surface area contributed by atoms with Gasteiger partial charge in [-0.2, -0.15) is 0 Å². The Morgan fingerprint density at radius 1 is 1.45 bits per heavy atom. The van der Waals surface area contributed by atoms with Crippen molar-refractivity contribution in [2.45, 2.75) is 26.2 Å². The third-order valence-electron chi connectivity index (χ3n) is 2.55. The molecule has 1 aromatic rings. The molecule has 110 valence electrons. The van der Waals surface area contributed by atoms with Crippen LogP contribution in [-0.2, 0) is 4.74 Å². The number of unbranched alkanes of at least 4 members (excludes halogenated alkanes) is 1. The molecule has 1 aromatic heterocycles. The van der Waals surface area contributed by atoms with Gasteiger partial charge in [0.15, 0.2) is 0 Å². The van der Waals surface area contributed by atoms with E-state index < -0.39 is 0 Å². The maximum Gasteiger partial charge on any atom is 0.252 e. The first-order valence-corrected chi connectivity index (χ1v) is 7.70. The van der Waals surface area contributed by atoms with E-state index in [0.29, 0.717) is 18.7 Å². The molecule has 1 amide bonds. The number of aliphatic hydroxyl groups is 1. The number of aliphatic hydroxyl groups excluding tert-OH is 1. The first-order chi connectivity index (χ1) is 9.77. The molecule has 4 nitrogen and oxygen atoms in total. The highest BCUT2D eigenvalue weighted by atomic mass is 32.1. The largest absolute Gasteiger partial charge is 0.384 e. The number of hydrogen-bond acceptors (Lipinski definition) is 4. The van der Waals surface area contributed by atoms with Gasteiger partial charge in [0.05, 0.1) is 10.4 Å². The van der Waals surface area contributed by atoms with E-state index in [4.69, 9.17) is 9.84 Å². The second kappa shape index (κ2) is 10.4. The lowest BCUT2D eigenvalue weighted by Crippen LogP contribution is -2.24. The molecule has 0 aliphatic heterocycles. The highest BCUT2D eigenvalue weighted by Gasteiger charge is 2.06. The smallest absolute Gasteiger partial charge is 0.252 e. The lowest BCUT2D eigenvalue weighted by Gasteiger charge is -2.04. The molecule has 1 rings (SSSR count). The van der Waals surface area contributed by atoms with Crippen LogP contribution in [-0.4, -0.2) is 37.4 Å². The van der Waals surface area contributed by atoms with Crippen molar-refractivity contribution in [1.29, 1.82) is 0 Å². The minimum Gasteiger partial charge on any atom is -0.384 e. The van der Waals surface area contributed by atoms with Crippen LogP contribution >= 0.6 is 11.3 Å². The minimum absolute atomic E-state index is 0.0909. The van der Waals surface area contributed by atoms with Crippen LogP contribution in [0, 0.1) is 11.8 Å². The Labute approximate surface area is 124 Å². The van der Waals surface area contributed by atoms with Gasteiger partial charge < -0.3 is 15.2 Å². The summed E-state index contributed by atoms with van der Waals surface area (Å²) < 4.78 is 5.42. The third kappa shape index (κ3) is 6.71. The Morgan fingerprint density at radius 2 is 2.25 bits per heavy atom. The Bertz CT molecular complexity index is 459. The van der Waals surface area contributed by atoms with Crippen molar-refractivity contribution >= 4 is 17.2 Å². The van der Waals surface area contributed by atoms with Gasteiger partial charge in [0, 0.05) is 25.1 Å². The average Bonchev–Trinajstić information content (AvgIpc) is 2.93. The molecule has 0 radical (unpaired) electrons. The lowest BCUT2D eigenvalue weighted by atomic mass is 10.3. The average molecular weight is 295 g/mol. The zero-order valence-corrected chi connectivity index (χ0v) is 12.6. The van der Waals surface area contributed by atoms with Gasteiger partial charge in [-0.15, -0.1) is 11.3 Å². The van der Waals surface area contributed by atoms with Crippen LogP contribution in [0.4, 0.5) is 0 Å². The molecule has 0 unspecified atom stereocenters. The van der Waals surface area contributed by atoms with E-state index in [-0.39, 0.29) is 12.5 Å². The second-order valence-corrected chi connectivity index (χ2v) is 5.15. The fourth-order valence-corrected chi connectivity index (χ4v) is 2.23. The lowest BCUT2D eigenvalue weighted by molar-refractivity contribution is 0.0941. The van der Waals surface area contributed by atoms with Crippen molar-refractivity contribution in [3.63, 3.8) is 0 Å². The maximum atomic E-state index is 11.8. The molecule has 20 heavy (non-hydrogen) atoms. The quantitative estimate of drug-likeness (QED) is 0.570. The van der Waals surface area contributed by atoms with Gasteiger partial charge in [-0.25, -0.2) is 0 Å². The Morgan fingerprint density at radius 3 is 3.00 bits per heavy atom. The van der Waals surface area contributed by atoms with Crippen molar-refractivity contribution in [2.75, 3.05) is 26.4 Å². The Kier molecular flexibility index (Phi) is 8.72. The van der Waals surface area contributed by atoms with E-state index >= 15 is 0 Å². The summed E-state index contributed by atoms with van der Waals surface area (Å²) in [5.74, 6) is 5.25. The summed E-state index contributed by atoms with van der Waals surface area (Å²) in [5, 5.41) is 13.2. The predicted molar refractivity (Wildman–Crippen MR) is 81.0 cm³/mol. The molecule has 0 fully saturated rings. The zero-order chi connectivity index (χ0) is 14.6. The van der Waals surface area contributed by atoms with Crippen LogP contribution in [0.1, 0.15) is 41.4 Å². The van der Waals surface area contributed by atoms with Crippen LogP contribution < -0.4 is 5.32 Å². The molecular weight excluding hydrogens is 274 g/mol. The minimum atomic E-state index is -0.169. The summed E-state index contributed by atoms with van der Waals surface area (Å²) in [5.41, 5.74) is 0.615. The SMILES string of the molecule is CCCCOCCCNC(=O)c1csc(C#CCO)c1. The van der Waals surface area contributed by atoms with E-state index in [1.807, 2.05) is 0 Å². The van der Waals surface area contributed by atoms with E-state index in [1.165, 1.54) is 11.3 Å². The van der Waals surface area contributed by atoms with Crippen molar-refractivity contribution in [3.8, 4) is 11.8 Å². The normalized spacial score (nSPS) is 9.90. The van der Waals surface area contributed by atoms with Gasteiger partial charge in [0.25, 0.3) is 5.91 Å². The molecule has 0 aliphatic rings. The number of rotatable bonds is 8. The number of ether oxygens (including phenoxy) is 1. The molecular formula is C15H21NO3S. The van der Waals surface area contributed by atoms with Gasteiger partial charge in [-0.3, -0.25) is 4.79 Å². The van der Waals surface area contributed by atoms with Crippen LogP contribution in [0.25, 0.3) is 0 Å².